The van der Waals surface area contributed by atoms with Gasteiger partial charge in [0.15, 0.2) is 0 Å². The Bertz CT molecular complexity index is 899. The number of amides is 2. The molecule has 4 rings (SSSR count). The number of rotatable bonds is 5. The third-order valence-electron chi connectivity index (χ3n) is 5.78. The van der Waals surface area contributed by atoms with Gasteiger partial charge in [0.25, 0.3) is 11.8 Å². The molecule has 2 N–H and O–H groups in total. The van der Waals surface area contributed by atoms with Crippen molar-refractivity contribution in [1.82, 2.24) is 20.4 Å². The third-order valence-corrected chi connectivity index (χ3v) is 5.78. The number of carbonyl (C=O) groups is 2. The first-order valence-electron chi connectivity index (χ1n) is 9.43. The number of carbonyl (C=O) groups excluding carboxylic acids is 2. The van der Waals surface area contributed by atoms with Crippen molar-refractivity contribution in [3.05, 3.63) is 42.1 Å². The van der Waals surface area contributed by atoms with Crippen LogP contribution in [0.15, 0.2) is 36.4 Å². The van der Waals surface area contributed by atoms with Crippen molar-refractivity contribution in [1.29, 1.82) is 0 Å². The lowest BCUT2D eigenvalue weighted by Crippen LogP contribution is -2.47. The molecule has 2 atom stereocenters. The van der Waals surface area contributed by atoms with Crippen molar-refractivity contribution in [3.8, 4) is 11.3 Å². The summed E-state index contributed by atoms with van der Waals surface area (Å²) in [7, 11) is 0. The molecule has 2 amide bonds. The first kappa shape index (κ1) is 18.6. The number of aromatic nitrogens is 2. The molecule has 2 heterocycles. The van der Waals surface area contributed by atoms with E-state index in [1.807, 2.05) is 30.3 Å². The topological polar surface area (TPSA) is 78.1 Å². The summed E-state index contributed by atoms with van der Waals surface area (Å²) in [6.07, 6.45) is 0.546. The molecule has 1 aromatic carbocycles. The van der Waals surface area contributed by atoms with Gasteiger partial charge in [0.1, 0.15) is 11.7 Å². The number of nitrogens with one attached hydrogen (secondary N) is 2. The van der Waals surface area contributed by atoms with Gasteiger partial charge >= 0.3 is 0 Å². The van der Waals surface area contributed by atoms with E-state index in [0.717, 1.165) is 5.56 Å². The molecule has 2 fully saturated rings. The predicted molar refractivity (Wildman–Crippen MR) is 98.8 cm³/mol. The molecule has 1 spiro atoms. The summed E-state index contributed by atoms with van der Waals surface area (Å²) in [5.41, 5.74) is 0.701. The number of H-pyrrole nitrogens is 1. The molecule has 2 aliphatic rings. The normalized spacial score (nSPS) is 23.6. The fourth-order valence-corrected chi connectivity index (χ4v) is 3.87. The summed E-state index contributed by atoms with van der Waals surface area (Å²) < 4.78 is 27.1. The highest BCUT2D eigenvalue weighted by molar-refractivity contribution is 5.96. The van der Waals surface area contributed by atoms with Gasteiger partial charge in [-0.2, -0.15) is 5.10 Å². The molecule has 1 saturated heterocycles. The summed E-state index contributed by atoms with van der Waals surface area (Å²) in [5.74, 6) is -3.42. The summed E-state index contributed by atoms with van der Waals surface area (Å²) in [5, 5.41) is 9.54. The van der Waals surface area contributed by atoms with Gasteiger partial charge < -0.3 is 10.2 Å². The van der Waals surface area contributed by atoms with Gasteiger partial charge in [0, 0.05) is 25.1 Å². The minimum absolute atomic E-state index is 0.0629. The van der Waals surface area contributed by atoms with Gasteiger partial charge in [-0.15, -0.1) is 0 Å². The quantitative estimate of drug-likeness (QED) is 0.827. The number of benzene rings is 1. The molecule has 1 aliphatic carbocycles. The molecule has 2 aromatic rings. The minimum atomic E-state index is -2.67. The van der Waals surface area contributed by atoms with Crippen LogP contribution < -0.4 is 5.32 Å². The van der Waals surface area contributed by atoms with E-state index in [1.54, 1.807) is 13.0 Å². The van der Waals surface area contributed by atoms with Gasteiger partial charge in [-0.25, -0.2) is 8.78 Å². The Hall–Kier alpha value is -2.77. The average Bonchev–Trinajstić information content (AvgIpc) is 3.12. The zero-order valence-electron chi connectivity index (χ0n) is 15.5. The molecule has 148 valence electrons. The van der Waals surface area contributed by atoms with Crippen molar-refractivity contribution in [3.63, 3.8) is 0 Å². The standard InChI is InChI=1S/C20H22F2N4O2/c1-2-14(18(28)26-9-8-19(12-26)11-20(19,21)22)23-17(27)16-10-15(24-25-16)13-6-4-3-5-7-13/h3-7,10,14H,2,8-9,11-12H2,1H3,(H,23,27)(H,24,25)/t14-,19-/m1/s1. The van der Waals surface area contributed by atoms with E-state index >= 15 is 0 Å². The van der Waals surface area contributed by atoms with Crippen LogP contribution in [0.5, 0.6) is 0 Å². The Morgan fingerprint density at radius 3 is 2.64 bits per heavy atom. The maximum Gasteiger partial charge on any atom is 0.269 e. The van der Waals surface area contributed by atoms with Crippen LogP contribution in [0.2, 0.25) is 0 Å². The molecule has 6 nitrogen and oxygen atoms in total. The van der Waals surface area contributed by atoms with Crippen LogP contribution >= 0.6 is 0 Å². The van der Waals surface area contributed by atoms with Crippen molar-refractivity contribution >= 4 is 11.8 Å². The molecule has 1 saturated carbocycles. The fraction of sp³-hybridized carbons (Fsp3) is 0.450. The van der Waals surface area contributed by atoms with Crippen LogP contribution in [-0.4, -0.2) is 52.0 Å². The molecular weight excluding hydrogens is 366 g/mol. The average molecular weight is 388 g/mol. The van der Waals surface area contributed by atoms with Gasteiger partial charge in [0.2, 0.25) is 5.91 Å². The first-order chi connectivity index (χ1) is 13.4. The maximum atomic E-state index is 13.6. The second-order valence-corrected chi connectivity index (χ2v) is 7.64. The van der Waals surface area contributed by atoms with Crippen molar-refractivity contribution < 1.29 is 18.4 Å². The molecule has 0 bridgehead atoms. The highest BCUT2D eigenvalue weighted by atomic mass is 19.3. The maximum absolute atomic E-state index is 13.6. The third kappa shape index (κ3) is 3.16. The van der Waals surface area contributed by atoms with Crippen LogP contribution in [-0.2, 0) is 4.79 Å². The van der Waals surface area contributed by atoms with Crippen LogP contribution in [0.1, 0.15) is 36.7 Å². The van der Waals surface area contributed by atoms with Gasteiger partial charge in [-0.1, -0.05) is 37.3 Å². The Morgan fingerprint density at radius 1 is 1.32 bits per heavy atom. The number of hydrogen-bond acceptors (Lipinski definition) is 3. The van der Waals surface area contributed by atoms with Crippen molar-refractivity contribution in [2.75, 3.05) is 13.1 Å². The van der Waals surface area contributed by atoms with E-state index in [1.165, 1.54) is 4.90 Å². The van der Waals surface area contributed by atoms with Crippen molar-refractivity contribution in [2.24, 2.45) is 5.41 Å². The Labute approximate surface area is 161 Å². The number of nitrogens with zero attached hydrogens (tertiary/aromatic N) is 2. The Kier molecular flexibility index (Phi) is 4.44. The molecule has 0 unspecified atom stereocenters. The zero-order chi connectivity index (χ0) is 19.9. The number of halogens is 2. The van der Waals surface area contributed by atoms with Crippen LogP contribution in [0, 0.1) is 5.41 Å². The van der Waals surface area contributed by atoms with E-state index in [4.69, 9.17) is 0 Å². The summed E-state index contributed by atoms with van der Waals surface area (Å²) >= 11 is 0. The number of hydrogen-bond donors (Lipinski definition) is 2. The lowest BCUT2D eigenvalue weighted by Gasteiger charge is -2.23. The number of alkyl halides is 2. The van der Waals surface area contributed by atoms with Crippen LogP contribution in [0.3, 0.4) is 0 Å². The van der Waals surface area contributed by atoms with Crippen LogP contribution in [0.25, 0.3) is 11.3 Å². The Morgan fingerprint density at radius 2 is 2.04 bits per heavy atom. The Balaban J connectivity index is 1.40. The number of aromatic amines is 1. The molecule has 0 radical (unpaired) electrons. The monoisotopic (exact) mass is 388 g/mol. The zero-order valence-corrected chi connectivity index (χ0v) is 15.5. The highest BCUT2D eigenvalue weighted by Crippen LogP contribution is 2.65. The fourth-order valence-electron chi connectivity index (χ4n) is 3.87. The van der Waals surface area contributed by atoms with E-state index < -0.39 is 23.3 Å². The smallest absolute Gasteiger partial charge is 0.269 e. The van der Waals surface area contributed by atoms with Gasteiger partial charge in [-0.3, -0.25) is 14.7 Å². The highest BCUT2D eigenvalue weighted by Gasteiger charge is 2.73. The molecule has 1 aliphatic heterocycles. The van der Waals surface area contributed by atoms with Crippen molar-refractivity contribution in [2.45, 2.75) is 38.2 Å². The summed E-state index contributed by atoms with van der Waals surface area (Å²) in [6.45, 7) is 2.15. The van der Waals surface area contributed by atoms with E-state index in [9.17, 15) is 18.4 Å². The van der Waals surface area contributed by atoms with E-state index in [2.05, 4.69) is 15.5 Å². The molecule has 28 heavy (non-hydrogen) atoms. The van der Waals surface area contributed by atoms with E-state index in [-0.39, 0.29) is 24.6 Å². The molecular formula is C20H22F2N4O2. The SMILES string of the molecule is CC[C@@H](NC(=O)c1cc(-c2ccccc2)n[nH]1)C(=O)N1CC[C@]2(C1)CC2(F)F. The van der Waals surface area contributed by atoms with Gasteiger partial charge in [-0.05, 0) is 18.9 Å². The second-order valence-electron chi connectivity index (χ2n) is 7.64. The van der Waals surface area contributed by atoms with Crippen LogP contribution in [0.4, 0.5) is 8.78 Å². The lowest BCUT2D eigenvalue weighted by molar-refractivity contribution is -0.132. The molecule has 8 heteroatoms. The molecule has 1 aromatic heterocycles. The summed E-state index contributed by atoms with van der Waals surface area (Å²) in [4.78, 5) is 26.7. The van der Waals surface area contributed by atoms with Gasteiger partial charge in [0.05, 0.1) is 11.1 Å². The largest absolute Gasteiger partial charge is 0.340 e. The first-order valence-corrected chi connectivity index (χ1v) is 9.43. The summed E-state index contributed by atoms with van der Waals surface area (Å²) in [6, 6.07) is 10.3. The predicted octanol–water partition coefficient (Wildman–Crippen LogP) is 2.84. The van der Waals surface area contributed by atoms with E-state index in [0.29, 0.717) is 25.1 Å². The second kappa shape index (κ2) is 6.68. The number of likely N-dealkylation sites (tertiary alicyclic amines) is 1. The lowest BCUT2D eigenvalue weighted by atomic mass is 10.1. The minimum Gasteiger partial charge on any atom is -0.340 e.